The molecule has 17 nitrogen and oxygen atoms in total. The standard InChI is InChI=1S/C43H44ClF2N13O4/c1-55-30-9-5-24(17-28(30)35-36(41(55)62)63-21-43(45,46)37(50-35)22-3-4-22)48-38-29(44)19-47-42(51-38)57-13-11-23(12-14-57)39-53-52-32-20-58(15-16-59(32)39)25-6-7-26-31(18-25)56(2)54-34(26)27-8-10-33(60)49-40(27)61/h5-7,9,17-19,22-23,27,37,50H,3-4,8,10-16,20-21H2,1-2H3,(H,47,48,51)(H,49,60,61)/t27?,37-/m0/s1. The van der Waals surface area contributed by atoms with Crippen LogP contribution in [0.2, 0.25) is 5.02 Å². The summed E-state index contributed by atoms with van der Waals surface area (Å²) < 4.78 is 41.3. The van der Waals surface area contributed by atoms with Crippen molar-refractivity contribution < 1.29 is 23.1 Å². The van der Waals surface area contributed by atoms with Gasteiger partial charge in [0, 0.05) is 74.8 Å². The third kappa shape index (κ3) is 6.87. The first-order valence-corrected chi connectivity index (χ1v) is 21.7. The number of aromatic nitrogens is 8. The van der Waals surface area contributed by atoms with E-state index in [0.717, 1.165) is 54.2 Å². The number of carbonyl (C=O) groups is 2. The molecule has 2 aromatic carbocycles. The average Bonchev–Trinajstić information content (AvgIpc) is 3.97. The van der Waals surface area contributed by atoms with Crippen LogP contribution < -0.4 is 36.0 Å². The summed E-state index contributed by atoms with van der Waals surface area (Å²) in [5.74, 6) is -1.45. The number of amides is 2. The van der Waals surface area contributed by atoms with Gasteiger partial charge in [0.15, 0.2) is 18.2 Å². The SMILES string of the molecule is Cn1nc(C2CCC(=O)NC2=O)c2ccc(N3CCn4c(nnc4C4CCN(c5ncc(Cl)c(Nc6ccc7c(c6)c6c(c(=O)n7C)OCC(F)(F)[C@H](C7CC7)N6)n5)CC4)C3)cc21. The van der Waals surface area contributed by atoms with E-state index in [-0.39, 0.29) is 35.1 Å². The normalized spacial score (nSPS) is 21.4. The second-order valence-electron chi connectivity index (χ2n) is 17.3. The van der Waals surface area contributed by atoms with Gasteiger partial charge in [0.1, 0.15) is 10.8 Å². The van der Waals surface area contributed by atoms with Gasteiger partial charge in [-0.15, -0.1) is 10.2 Å². The van der Waals surface area contributed by atoms with Crippen LogP contribution in [-0.2, 0) is 36.8 Å². The van der Waals surface area contributed by atoms with E-state index in [1.54, 1.807) is 36.1 Å². The van der Waals surface area contributed by atoms with Crippen molar-refractivity contribution in [2.45, 2.75) is 75.4 Å². The molecule has 3 fully saturated rings. The number of pyridine rings is 1. The van der Waals surface area contributed by atoms with Crippen molar-refractivity contribution in [3.05, 3.63) is 75.3 Å². The fraction of sp³-hybridized carbons (Fsp3) is 0.442. The number of carbonyl (C=O) groups excluding carboxylic acids is 2. The lowest BCUT2D eigenvalue weighted by molar-refractivity contribution is -0.134. The molecular formula is C43H44ClF2N13O4. The van der Waals surface area contributed by atoms with E-state index in [4.69, 9.17) is 31.5 Å². The molecule has 4 aliphatic heterocycles. The summed E-state index contributed by atoms with van der Waals surface area (Å²) in [6.07, 6.45) is 5.35. The number of nitrogens with zero attached hydrogens (tertiary/aromatic N) is 10. The van der Waals surface area contributed by atoms with Crippen LogP contribution in [-0.4, -0.2) is 89.1 Å². The summed E-state index contributed by atoms with van der Waals surface area (Å²) in [6.45, 7) is 2.63. The number of aryl methyl sites for hydroxylation is 2. The number of piperidine rings is 2. The van der Waals surface area contributed by atoms with Gasteiger partial charge in [0.2, 0.25) is 23.5 Å². The molecule has 1 unspecified atom stereocenters. The van der Waals surface area contributed by atoms with Crippen molar-refractivity contribution in [1.29, 1.82) is 0 Å². The zero-order valence-electron chi connectivity index (χ0n) is 34.6. The summed E-state index contributed by atoms with van der Waals surface area (Å²) in [5, 5.41) is 24.6. The minimum Gasteiger partial charge on any atom is -0.480 e. The van der Waals surface area contributed by atoms with Crippen molar-refractivity contribution in [1.82, 2.24) is 44.4 Å². The van der Waals surface area contributed by atoms with Gasteiger partial charge in [-0.2, -0.15) is 10.1 Å². The largest absolute Gasteiger partial charge is 0.480 e. The lowest BCUT2D eigenvalue weighted by Crippen LogP contribution is -2.44. The number of nitrogens with one attached hydrogen (secondary N) is 3. The maximum atomic E-state index is 15.2. The Labute approximate surface area is 363 Å². The summed E-state index contributed by atoms with van der Waals surface area (Å²) in [4.78, 5) is 51.5. The molecule has 4 aromatic heterocycles. The van der Waals surface area contributed by atoms with E-state index in [0.29, 0.717) is 84.4 Å². The molecule has 2 amide bonds. The lowest BCUT2D eigenvalue weighted by Gasteiger charge is -2.33. The predicted molar refractivity (Wildman–Crippen MR) is 231 cm³/mol. The van der Waals surface area contributed by atoms with Crippen molar-refractivity contribution in [2.24, 2.45) is 20.0 Å². The molecule has 2 atom stereocenters. The van der Waals surface area contributed by atoms with E-state index in [2.05, 4.69) is 52.5 Å². The van der Waals surface area contributed by atoms with Crippen LogP contribution in [0.25, 0.3) is 21.8 Å². The van der Waals surface area contributed by atoms with Crippen LogP contribution in [0.4, 0.5) is 37.6 Å². The third-order valence-electron chi connectivity index (χ3n) is 13.3. The predicted octanol–water partition coefficient (Wildman–Crippen LogP) is 5.35. The number of alkyl halides is 2. The molecule has 2 saturated heterocycles. The number of ether oxygens (including phenoxy) is 1. The van der Waals surface area contributed by atoms with Crippen molar-refractivity contribution in [3.8, 4) is 5.75 Å². The quantitative estimate of drug-likeness (QED) is 0.175. The van der Waals surface area contributed by atoms with E-state index < -0.39 is 30.0 Å². The van der Waals surface area contributed by atoms with Crippen LogP contribution >= 0.6 is 11.6 Å². The van der Waals surface area contributed by atoms with Gasteiger partial charge in [-0.1, -0.05) is 11.6 Å². The summed E-state index contributed by atoms with van der Waals surface area (Å²) >= 11 is 6.64. The second kappa shape index (κ2) is 14.9. The van der Waals surface area contributed by atoms with Crippen LogP contribution in [0.3, 0.4) is 0 Å². The van der Waals surface area contributed by atoms with Gasteiger partial charge in [0.25, 0.3) is 5.56 Å². The number of rotatable bonds is 7. The summed E-state index contributed by atoms with van der Waals surface area (Å²) in [5.41, 5.74) is 3.59. The Morgan fingerprint density at radius 1 is 0.921 bits per heavy atom. The van der Waals surface area contributed by atoms with Gasteiger partial charge in [-0.05, 0) is 74.4 Å². The Balaban J connectivity index is 0.770. The maximum absolute atomic E-state index is 15.2. The number of imide groups is 1. The summed E-state index contributed by atoms with van der Waals surface area (Å²) in [7, 11) is 3.47. The number of hydrogen-bond acceptors (Lipinski definition) is 13. The van der Waals surface area contributed by atoms with E-state index in [9.17, 15) is 14.4 Å². The molecule has 3 N–H and O–H groups in total. The molecule has 6 aromatic rings. The first-order chi connectivity index (χ1) is 30.4. The minimum absolute atomic E-state index is 0.118. The monoisotopic (exact) mass is 879 g/mol. The molecule has 20 heteroatoms. The number of benzene rings is 2. The molecule has 0 bridgehead atoms. The molecule has 0 spiro atoms. The zero-order valence-corrected chi connectivity index (χ0v) is 35.3. The number of fused-ring (bicyclic) bond motifs is 5. The molecule has 0 radical (unpaired) electrons. The average molecular weight is 880 g/mol. The number of hydrogen-bond donors (Lipinski definition) is 3. The first kappa shape index (κ1) is 39.5. The van der Waals surface area contributed by atoms with E-state index in [1.807, 2.05) is 13.1 Å². The molecule has 5 aliphatic rings. The highest BCUT2D eigenvalue weighted by Crippen LogP contribution is 2.46. The first-order valence-electron chi connectivity index (χ1n) is 21.4. The third-order valence-corrected chi connectivity index (χ3v) is 13.6. The molecule has 1 saturated carbocycles. The Kier molecular flexibility index (Phi) is 9.32. The van der Waals surface area contributed by atoms with Gasteiger partial charge in [-0.25, -0.2) is 13.8 Å². The second-order valence-corrected chi connectivity index (χ2v) is 17.7. The molecule has 63 heavy (non-hydrogen) atoms. The number of halogens is 3. The fourth-order valence-corrected chi connectivity index (χ4v) is 9.88. The summed E-state index contributed by atoms with van der Waals surface area (Å²) in [6, 6.07) is 10.4. The highest BCUT2D eigenvalue weighted by Gasteiger charge is 2.51. The maximum Gasteiger partial charge on any atom is 0.301 e. The molecule has 326 valence electrons. The number of anilines is 5. The Morgan fingerprint density at radius 2 is 1.75 bits per heavy atom. The Morgan fingerprint density at radius 3 is 2.54 bits per heavy atom. The van der Waals surface area contributed by atoms with Gasteiger partial charge in [0.05, 0.1) is 47.1 Å². The molecule has 1 aliphatic carbocycles. The lowest BCUT2D eigenvalue weighted by atomic mass is 9.93. The van der Waals surface area contributed by atoms with Crippen LogP contribution in [0.5, 0.6) is 5.75 Å². The Bertz CT molecular complexity index is 2920. The van der Waals surface area contributed by atoms with E-state index >= 15 is 8.78 Å². The highest BCUT2D eigenvalue weighted by atomic mass is 35.5. The van der Waals surface area contributed by atoms with Crippen LogP contribution in [0, 0.1) is 5.92 Å². The minimum atomic E-state index is -3.14. The van der Waals surface area contributed by atoms with Gasteiger partial charge in [-0.3, -0.25) is 24.4 Å². The van der Waals surface area contributed by atoms with Crippen molar-refractivity contribution in [3.63, 3.8) is 0 Å². The fourth-order valence-electron chi connectivity index (χ4n) is 9.74. The Hall–Kier alpha value is -6.37. The topological polar surface area (TPSA) is 182 Å². The van der Waals surface area contributed by atoms with Crippen molar-refractivity contribution >= 4 is 74.0 Å². The van der Waals surface area contributed by atoms with Crippen LogP contribution in [0.15, 0.2) is 47.4 Å². The van der Waals surface area contributed by atoms with Gasteiger partial charge >= 0.3 is 5.92 Å². The zero-order chi connectivity index (χ0) is 43.3. The smallest absolute Gasteiger partial charge is 0.301 e. The molecular weight excluding hydrogens is 836 g/mol. The molecule has 8 heterocycles. The highest BCUT2D eigenvalue weighted by molar-refractivity contribution is 6.33. The van der Waals surface area contributed by atoms with Gasteiger partial charge < -0.3 is 34.3 Å². The van der Waals surface area contributed by atoms with Crippen molar-refractivity contribution in [2.75, 3.05) is 46.7 Å². The molecule has 11 rings (SSSR count). The van der Waals surface area contributed by atoms with Crippen LogP contribution in [0.1, 0.15) is 67.7 Å². The van der Waals surface area contributed by atoms with E-state index in [1.165, 1.54) is 4.57 Å².